The Balaban J connectivity index is 2.13. The van der Waals surface area contributed by atoms with Crippen molar-refractivity contribution in [3.8, 4) is 6.07 Å². The number of benzene rings is 1. The minimum absolute atomic E-state index is 0.634. The molecule has 0 saturated heterocycles. The monoisotopic (exact) mass is 304 g/mol. The summed E-state index contributed by atoms with van der Waals surface area (Å²) >= 11 is 3.39. The van der Waals surface area contributed by atoms with Gasteiger partial charge in [-0.3, -0.25) is 4.68 Å². The molecule has 2 rings (SSSR count). The second-order valence-corrected chi connectivity index (χ2v) is 4.99. The molecular weight excluding hydrogens is 292 g/mol. The number of nitrogens with zero attached hydrogens (tertiary/aromatic N) is 3. The largest absolute Gasteiger partial charge is 0.381 e. The van der Waals surface area contributed by atoms with Crippen LogP contribution >= 0.6 is 15.9 Å². The number of rotatable bonds is 3. The average molecular weight is 305 g/mol. The number of aromatic nitrogens is 2. The Morgan fingerprint density at radius 3 is 2.83 bits per heavy atom. The van der Waals surface area contributed by atoms with Gasteiger partial charge in [-0.1, -0.05) is 15.9 Å². The molecule has 18 heavy (non-hydrogen) atoms. The first-order valence-corrected chi connectivity index (χ1v) is 6.31. The van der Waals surface area contributed by atoms with E-state index in [1.807, 2.05) is 37.0 Å². The number of hydrogen-bond acceptors (Lipinski definition) is 3. The molecule has 2 aromatic rings. The molecule has 1 aromatic heterocycles. The molecule has 4 nitrogen and oxygen atoms in total. The van der Waals surface area contributed by atoms with Crippen molar-refractivity contribution in [2.45, 2.75) is 13.5 Å². The third-order valence-corrected chi connectivity index (χ3v) is 3.30. The number of aryl methyl sites for hydroxylation is 1. The Labute approximate surface area is 114 Å². The Morgan fingerprint density at radius 1 is 1.44 bits per heavy atom. The molecule has 0 spiro atoms. The second kappa shape index (κ2) is 5.23. The van der Waals surface area contributed by atoms with Crippen LogP contribution in [0.4, 0.5) is 5.69 Å². The number of nitrogens with one attached hydrogen (secondary N) is 1. The van der Waals surface area contributed by atoms with Crippen LogP contribution in [0.3, 0.4) is 0 Å². The molecule has 0 bridgehead atoms. The topological polar surface area (TPSA) is 53.6 Å². The Hall–Kier alpha value is -1.80. The molecule has 0 aliphatic heterocycles. The molecular formula is C13H13BrN4. The zero-order chi connectivity index (χ0) is 13.1. The van der Waals surface area contributed by atoms with E-state index in [1.165, 1.54) is 0 Å². The predicted molar refractivity (Wildman–Crippen MR) is 74.1 cm³/mol. The third-order valence-electron chi connectivity index (χ3n) is 2.85. The van der Waals surface area contributed by atoms with Crippen LogP contribution in [0, 0.1) is 18.3 Å². The van der Waals surface area contributed by atoms with Crippen LogP contribution in [-0.2, 0) is 13.6 Å². The van der Waals surface area contributed by atoms with Crippen LogP contribution in [0.25, 0.3) is 0 Å². The van der Waals surface area contributed by atoms with Gasteiger partial charge in [-0.05, 0) is 25.1 Å². The molecule has 0 radical (unpaired) electrons. The van der Waals surface area contributed by atoms with Gasteiger partial charge in [-0.15, -0.1) is 0 Å². The smallest absolute Gasteiger partial charge is 0.0992 e. The van der Waals surface area contributed by atoms with Gasteiger partial charge in [-0.25, -0.2) is 0 Å². The van der Waals surface area contributed by atoms with Gasteiger partial charge in [0.15, 0.2) is 0 Å². The van der Waals surface area contributed by atoms with Crippen molar-refractivity contribution in [2.24, 2.45) is 7.05 Å². The first kappa shape index (κ1) is 12.7. The highest BCUT2D eigenvalue weighted by Crippen LogP contribution is 2.20. The third kappa shape index (κ3) is 2.71. The van der Waals surface area contributed by atoms with E-state index in [0.717, 1.165) is 21.4 Å². The van der Waals surface area contributed by atoms with Crippen molar-refractivity contribution < 1.29 is 0 Å². The predicted octanol–water partition coefficient (Wildman–Crippen LogP) is 2.97. The highest BCUT2D eigenvalue weighted by Gasteiger charge is 2.04. The molecule has 0 saturated carbocycles. The van der Waals surface area contributed by atoms with Crippen molar-refractivity contribution in [3.05, 3.63) is 45.7 Å². The van der Waals surface area contributed by atoms with Gasteiger partial charge in [0.1, 0.15) is 0 Å². The lowest BCUT2D eigenvalue weighted by Gasteiger charge is -2.07. The van der Waals surface area contributed by atoms with Gasteiger partial charge in [-0.2, -0.15) is 10.4 Å². The average Bonchev–Trinajstić information content (AvgIpc) is 2.67. The van der Waals surface area contributed by atoms with Gasteiger partial charge in [0.05, 0.1) is 17.8 Å². The van der Waals surface area contributed by atoms with Crippen LogP contribution in [0.1, 0.15) is 16.8 Å². The summed E-state index contributed by atoms with van der Waals surface area (Å²) in [5.41, 5.74) is 3.84. The van der Waals surface area contributed by atoms with Gasteiger partial charge in [0, 0.05) is 35.0 Å². The van der Waals surface area contributed by atoms with E-state index in [9.17, 15) is 0 Å². The lowest BCUT2D eigenvalue weighted by atomic mass is 10.2. The summed E-state index contributed by atoms with van der Waals surface area (Å²) in [5, 5.41) is 16.4. The molecule has 1 N–H and O–H groups in total. The van der Waals surface area contributed by atoms with Crippen molar-refractivity contribution in [2.75, 3.05) is 5.32 Å². The summed E-state index contributed by atoms with van der Waals surface area (Å²) in [6.45, 7) is 2.73. The van der Waals surface area contributed by atoms with Crippen molar-refractivity contribution in [1.29, 1.82) is 5.26 Å². The minimum atomic E-state index is 0.634. The summed E-state index contributed by atoms with van der Waals surface area (Å²) in [6, 6.07) is 7.71. The standard InChI is InChI=1S/C13H13BrN4/c1-9-11(8-17-18(9)2)7-16-13-4-10(6-15)3-12(14)5-13/h3-5,8,16H,7H2,1-2H3. The molecule has 1 heterocycles. The zero-order valence-corrected chi connectivity index (χ0v) is 11.8. The van der Waals surface area contributed by atoms with E-state index in [4.69, 9.17) is 5.26 Å². The Bertz CT molecular complexity index is 610. The number of anilines is 1. The lowest BCUT2D eigenvalue weighted by Crippen LogP contribution is -2.01. The van der Waals surface area contributed by atoms with Gasteiger partial charge in [0.25, 0.3) is 0 Å². The number of nitriles is 1. The fourth-order valence-corrected chi connectivity index (χ4v) is 2.16. The maximum atomic E-state index is 8.91. The summed E-state index contributed by atoms with van der Waals surface area (Å²) in [6.07, 6.45) is 1.85. The molecule has 0 unspecified atom stereocenters. The molecule has 92 valence electrons. The summed E-state index contributed by atoms with van der Waals surface area (Å²) < 4.78 is 2.74. The van der Waals surface area contributed by atoms with Crippen LogP contribution in [0.15, 0.2) is 28.9 Å². The fraction of sp³-hybridized carbons (Fsp3) is 0.231. The molecule has 1 aromatic carbocycles. The summed E-state index contributed by atoms with van der Waals surface area (Å²) in [7, 11) is 1.92. The normalized spacial score (nSPS) is 10.1. The van der Waals surface area contributed by atoms with E-state index >= 15 is 0 Å². The van der Waals surface area contributed by atoms with Crippen LogP contribution in [-0.4, -0.2) is 9.78 Å². The zero-order valence-electron chi connectivity index (χ0n) is 10.2. The van der Waals surface area contributed by atoms with Crippen molar-refractivity contribution in [1.82, 2.24) is 9.78 Å². The first-order valence-electron chi connectivity index (χ1n) is 5.52. The van der Waals surface area contributed by atoms with E-state index in [1.54, 1.807) is 6.07 Å². The van der Waals surface area contributed by atoms with E-state index in [2.05, 4.69) is 32.4 Å². The summed E-state index contributed by atoms with van der Waals surface area (Å²) in [4.78, 5) is 0. The quantitative estimate of drug-likeness (QED) is 0.948. The van der Waals surface area contributed by atoms with Gasteiger partial charge >= 0.3 is 0 Å². The van der Waals surface area contributed by atoms with E-state index in [-0.39, 0.29) is 0 Å². The van der Waals surface area contributed by atoms with Crippen molar-refractivity contribution in [3.63, 3.8) is 0 Å². The number of hydrogen-bond donors (Lipinski definition) is 1. The van der Waals surface area contributed by atoms with Gasteiger partial charge < -0.3 is 5.32 Å². The maximum Gasteiger partial charge on any atom is 0.0992 e. The molecule has 0 amide bonds. The fourth-order valence-electron chi connectivity index (χ4n) is 1.67. The highest BCUT2D eigenvalue weighted by molar-refractivity contribution is 9.10. The molecule has 0 aliphatic rings. The minimum Gasteiger partial charge on any atom is -0.381 e. The highest BCUT2D eigenvalue weighted by atomic mass is 79.9. The van der Waals surface area contributed by atoms with Gasteiger partial charge in [0.2, 0.25) is 0 Å². The van der Waals surface area contributed by atoms with Crippen molar-refractivity contribution >= 4 is 21.6 Å². The Kier molecular flexibility index (Phi) is 3.68. The molecule has 0 fully saturated rings. The number of halogens is 1. The van der Waals surface area contributed by atoms with Crippen LogP contribution in [0.2, 0.25) is 0 Å². The maximum absolute atomic E-state index is 8.91. The lowest BCUT2D eigenvalue weighted by molar-refractivity contribution is 0.738. The first-order chi connectivity index (χ1) is 8.60. The molecule has 0 aliphatic carbocycles. The van der Waals surface area contributed by atoms with E-state index in [0.29, 0.717) is 12.1 Å². The van der Waals surface area contributed by atoms with Crippen LogP contribution < -0.4 is 5.32 Å². The van der Waals surface area contributed by atoms with Crippen LogP contribution in [0.5, 0.6) is 0 Å². The molecule has 5 heteroatoms. The second-order valence-electron chi connectivity index (χ2n) is 4.07. The Morgan fingerprint density at radius 2 is 2.22 bits per heavy atom. The SMILES string of the molecule is Cc1c(CNc2cc(Br)cc(C#N)c2)cnn1C. The van der Waals surface area contributed by atoms with E-state index < -0.39 is 0 Å². The summed E-state index contributed by atoms with van der Waals surface area (Å²) in [5.74, 6) is 0. The molecule has 0 atom stereocenters.